The second-order valence-corrected chi connectivity index (χ2v) is 7.36. The number of aromatic nitrogens is 1. The molecule has 0 saturated heterocycles. The number of fused-ring (bicyclic) bond motifs is 1. The van der Waals surface area contributed by atoms with Crippen LogP contribution in [0.25, 0.3) is 0 Å². The standard InChI is InChI=1S/C19H19ClN2O3/c1-19(2,18(24)25)9-12-7-15(11-21-10-12)22-6-5-13-8-14(20)3-4-16(13)17(22)23/h3-4,7-8,10-11H,5-6,9H2,1-2H3,(H,24,25). The molecular formula is C19H19ClN2O3. The highest BCUT2D eigenvalue weighted by Crippen LogP contribution is 2.28. The van der Waals surface area contributed by atoms with Crippen LogP contribution in [-0.2, 0) is 17.6 Å². The Labute approximate surface area is 151 Å². The van der Waals surface area contributed by atoms with Gasteiger partial charge in [0.2, 0.25) is 0 Å². The molecule has 0 saturated carbocycles. The third-order valence-corrected chi connectivity index (χ3v) is 4.70. The molecule has 0 fully saturated rings. The van der Waals surface area contributed by atoms with Crippen LogP contribution in [0.3, 0.4) is 0 Å². The summed E-state index contributed by atoms with van der Waals surface area (Å²) < 4.78 is 0. The molecule has 0 bridgehead atoms. The predicted octanol–water partition coefficient (Wildman–Crippen LogP) is 3.59. The van der Waals surface area contributed by atoms with E-state index in [1.165, 1.54) is 0 Å². The van der Waals surface area contributed by atoms with Crippen LogP contribution in [0.2, 0.25) is 5.02 Å². The summed E-state index contributed by atoms with van der Waals surface area (Å²) in [6.45, 7) is 3.89. The Morgan fingerprint density at radius 2 is 2.08 bits per heavy atom. The van der Waals surface area contributed by atoms with Gasteiger partial charge in [-0.3, -0.25) is 14.6 Å². The fourth-order valence-electron chi connectivity index (χ4n) is 3.01. The van der Waals surface area contributed by atoms with Gasteiger partial charge in [0.05, 0.1) is 17.3 Å². The fraction of sp³-hybridized carbons (Fsp3) is 0.316. The summed E-state index contributed by atoms with van der Waals surface area (Å²) in [5.41, 5.74) is 2.18. The first-order valence-electron chi connectivity index (χ1n) is 8.05. The van der Waals surface area contributed by atoms with Gasteiger partial charge in [-0.25, -0.2) is 0 Å². The molecule has 1 aromatic carbocycles. The Morgan fingerprint density at radius 1 is 1.32 bits per heavy atom. The Kier molecular flexibility index (Phi) is 4.52. The average molecular weight is 359 g/mol. The molecule has 0 radical (unpaired) electrons. The van der Waals surface area contributed by atoms with E-state index in [9.17, 15) is 14.7 Å². The average Bonchev–Trinajstić information content (AvgIpc) is 2.54. The lowest BCUT2D eigenvalue weighted by Crippen LogP contribution is -2.37. The van der Waals surface area contributed by atoms with E-state index in [1.807, 2.05) is 12.1 Å². The van der Waals surface area contributed by atoms with Crippen molar-refractivity contribution in [3.63, 3.8) is 0 Å². The van der Waals surface area contributed by atoms with Gasteiger partial charge < -0.3 is 10.0 Å². The summed E-state index contributed by atoms with van der Waals surface area (Å²) in [7, 11) is 0. The molecule has 0 atom stereocenters. The first-order valence-corrected chi connectivity index (χ1v) is 8.43. The van der Waals surface area contributed by atoms with E-state index < -0.39 is 11.4 Å². The van der Waals surface area contributed by atoms with E-state index in [4.69, 9.17) is 11.6 Å². The second kappa shape index (κ2) is 6.48. The summed E-state index contributed by atoms with van der Waals surface area (Å²) in [5, 5.41) is 9.92. The molecule has 6 heteroatoms. The lowest BCUT2D eigenvalue weighted by Gasteiger charge is -2.29. The van der Waals surface area contributed by atoms with Crippen molar-refractivity contribution in [1.82, 2.24) is 4.98 Å². The smallest absolute Gasteiger partial charge is 0.309 e. The highest BCUT2D eigenvalue weighted by Gasteiger charge is 2.29. The van der Waals surface area contributed by atoms with Crippen molar-refractivity contribution in [1.29, 1.82) is 0 Å². The first kappa shape index (κ1) is 17.4. The molecule has 3 rings (SSSR count). The number of anilines is 1. The first-order chi connectivity index (χ1) is 11.8. The van der Waals surface area contributed by atoms with Crippen LogP contribution >= 0.6 is 11.6 Å². The quantitative estimate of drug-likeness (QED) is 0.906. The van der Waals surface area contributed by atoms with Gasteiger partial charge in [-0.2, -0.15) is 0 Å². The Hall–Kier alpha value is -2.40. The number of amides is 1. The van der Waals surface area contributed by atoms with Crippen molar-refractivity contribution < 1.29 is 14.7 Å². The third-order valence-electron chi connectivity index (χ3n) is 4.46. The minimum Gasteiger partial charge on any atom is -0.481 e. The van der Waals surface area contributed by atoms with Gasteiger partial charge in [0, 0.05) is 23.3 Å². The van der Waals surface area contributed by atoms with Gasteiger partial charge in [0.25, 0.3) is 5.91 Å². The summed E-state index contributed by atoms with van der Waals surface area (Å²) in [5.74, 6) is -0.952. The van der Waals surface area contributed by atoms with Gasteiger partial charge in [-0.1, -0.05) is 11.6 Å². The maximum Gasteiger partial charge on any atom is 0.309 e. The van der Waals surface area contributed by atoms with Crippen molar-refractivity contribution in [3.8, 4) is 0 Å². The van der Waals surface area contributed by atoms with E-state index in [-0.39, 0.29) is 5.91 Å². The number of carboxylic acid groups (broad SMARTS) is 1. The Morgan fingerprint density at radius 3 is 2.80 bits per heavy atom. The maximum absolute atomic E-state index is 12.8. The van der Waals surface area contributed by atoms with Crippen molar-refractivity contribution in [2.45, 2.75) is 26.7 Å². The van der Waals surface area contributed by atoms with E-state index in [1.54, 1.807) is 43.3 Å². The van der Waals surface area contributed by atoms with Gasteiger partial charge in [0.1, 0.15) is 0 Å². The third kappa shape index (κ3) is 3.51. The summed E-state index contributed by atoms with van der Waals surface area (Å²) in [6.07, 6.45) is 4.34. The molecule has 5 nitrogen and oxygen atoms in total. The van der Waals surface area contributed by atoms with Crippen molar-refractivity contribution in [2.75, 3.05) is 11.4 Å². The molecule has 1 N–H and O–H groups in total. The number of pyridine rings is 1. The molecule has 2 heterocycles. The van der Waals surface area contributed by atoms with E-state index >= 15 is 0 Å². The van der Waals surface area contributed by atoms with Gasteiger partial charge in [-0.05, 0) is 62.1 Å². The fourth-order valence-corrected chi connectivity index (χ4v) is 3.20. The Balaban J connectivity index is 1.88. The minimum absolute atomic E-state index is 0.0886. The Bertz CT molecular complexity index is 848. The SMILES string of the molecule is CC(C)(Cc1cncc(N2CCc3cc(Cl)ccc3C2=O)c1)C(=O)O. The number of hydrogen-bond acceptors (Lipinski definition) is 3. The van der Waals surface area contributed by atoms with Crippen LogP contribution in [0.15, 0.2) is 36.7 Å². The number of carbonyl (C=O) groups excluding carboxylic acids is 1. The molecule has 0 spiro atoms. The molecule has 0 aliphatic carbocycles. The monoisotopic (exact) mass is 358 g/mol. The molecular weight excluding hydrogens is 340 g/mol. The minimum atomic E-state index is -0.893. The molecule has 1 aromatic heterocycles. The topological polar surface area (TPSA) is 70.5 Å². The summed E-state index contributed by atoms with van der Waals surface area (Å²) >= 11 is 6.00. The zero-order valence-electron chi connectivity index (χ0n) is 14.1. The number of hydrogen-bond donors (Lipinski definition) is 1. The molecule has 130 valence electrons. The molecule has 2 aromatic rings. The highest BCUT2D eigenvalue weighted by molar-refractivity contribution is 6.30. The van der Waals surface area contributed by atoms with Crippen molar-refractivity contribution in [2.24, 2.45) is 5.41 Å². The zero-order chi connectivity index (χ0) is 18.2. The summed E-state index contributed by atoms with van der Waals surface area (Å²) in [4.78, 5) is 30.0. The van der Waals surface area contributed by atoms with Gasteiger partial charge in [-0.15, -0.1) is 0 Å². The lowest BCUT2D eigenvalue weighted by molar-refractivity contribution is -0.146. The molecule has 1 amide bonds. The predicted molar refractivity (Wildman–Crippen MR) is 96.2 cm³/mol. The summed E-state index contributed by atoms with van der Waals surface area (Å²) in [6, 6.07) is 7.13. The molecule has 0 unspecified atom stereocenters. The number of nitrogens with zero attached hydrogens (tertiary/aromatic N) is 2. The maximum atomic E-state index is 12.8. The molecule has 25 heavy (non-hydrogen) atoms. The van der Waals surface area contributed by atoms with E-state index in [2.05, 4.69) is 4.98 Å². The number of carboxylic acids is 1. The van der Waals surface area contributed by atoms with Gasteiger partial charge >= 0.3 is 5.97 Å². The number of benzene rings is 1. The molecule has 1 aliphatic rings. The van der Waals surface area contributed by atoms with Crippen LogP contribution in [0, 0.1) is 5.41 Å². The number of aliphatic carboxylic acids is 1. The lowest BCUT2D eigenvalue weighted by atomic mass is 9.86. The van der Waals surface area contributed by atoms with Crippen LogP contribution in [0.1, 0.15) is 35.3 Å². The highest BCUT2D eigenvalue weighted by atomic mass is 35.5. The second-order valence-electron chi connectivity index (χ2n) is 6.93. The zero-order valence-corrected chi connectivity index (χ0v) is 14.9. The van der Waals surface area contributed by atoms with Gasteiger partial charge in [0.15, 0.2) is 0 Å². The molecule has 1 aliphatic heterocycles. The van der Waals surface area contributed by atoms with Crippen LogP contribution in [0.5, 0.6) is 0 Å². The van der Waals surface area contributed by atoms with Crippen LogP contribution in [0.4, 0.5) is 5.69 Å². The van der Waals surface area contributed by atoms with Crippen LogP contribution in [-0.4, -0.2) is 28.5 Å². The van der Waals surface area contributed by atoms with E-state index in [0.29, 0.717) is 35.7 Å². The number of rotatable bonds is 4. The van der Waals surface area contributed by atoms with Crippen molar-refractivity contribution in [3.05, 3.63) is 58.4 Å². The van der Waals surface area contributed by atoms with Crippen LogP contribution < -0.4 is 4.90 Å². The number of halogens is 1. The van der Waals surface area contributed by atoms with Crippen molar-refractivity contribution >= 4 is 29.2 Å². The van der Waals surface area contributed by atoms with E-state index in [0.717, 1.165) is 11.1 Å². The number of carbonyl (C=O) groups is 2. The normalized spacial score (nSPS) is 14.4. The largest absolute Gasteiger partial charge is 0.481 e.